The predicted molar refractivity (Wildman–Crippen MR) is 75.9 cm³/mol. The van der Waals surface area contributed by atoms with Gasteiger partial charge in [-0.05, 0) is 56.4 Å². The number of nitrogens with zero attached hydrogens (tertiary/aromatic N) is 1. The molecule has 2 heteroatoms. The molecular formula is C16H24N2. The second-order valence-corrected chi connectivity index (χ2v) is 5.70. The normalized spacial score (nSPS) is 22.3. The van der Waals surface area contributed by atoms with Crippen LogP contribution in [0.15, 0.2) is 24.3 Å². The molecule has 0 saturated carbocycles. The second kappa shape index (κ2) is 5.41. The quantitative estimate of drug-likeness (QED) is 0.877. The second-order valence-electron chi connectivity index (χ2n) is 5.70. The van der Waals surface area contributed by atoms with Gasteiger partial charge in [-0.1, -0.05) is 31.2 Å². The summed E-state index contributed by atoms with van der Waals surface area (Å²) < 4.78 is 0. The maximum absolute atomic E-state index is 3.59. The summed E-state index contributed by atoms with van der Waals surface area (Å²) in [6.45, 7) is 5.87. The molecule has 1 aliphatic heterocycles. The lowest BCUT2D eigenvalue weighted by Crippen LogP contribution is -2.46. The fraction of sp³-hybridized carbons (Fsp3) is 0.625. The molecule has 1 aromatic carbocycles. The first-order valence-corrected chi connectivity index (χ1v) is 7.41. The molecule has 0 unspecified atom stereocenters. The Morgan fingerprint density at radius 1 is 1.11 bits per heavy atom. The van der Waals surface area contributed by atoms with E-state index in [0.29, 0.717) is 0 Å². The highest BCUT2D eigenvalue weighted by atomic mass is 15.2. The maximum atomic E-state index is 3.59. The van der Waals surface area contributed by atoms with Gasteiger partial charge in [0.2, 0.25) is 0 Å². The molecule has 1 aromatic rings. The van der Waals surface area contributed by atoms with E-state index in [-0.39, 0.29) is 0 Å². The Morgan fingerprint density at radius 2 is 1.72 bits per heavy atom. The molecule has 18 heavy (non-hydrogen) atoms. The van der Waals surface area contributed by atoms with Gasteiger partial charge in [0.05, 0.1) is 0 Å². The summed E-state index contributed by atoms with van der Waals surface area (Å²) in [7, 11) is 0. The van der Waals surface area contributed by atoms with Crippen LogP contribution in [-0.4, -0.2) is 36.6 Å². The lowest BCUT2D eigenvalue weighted by Gasteiger charge is -2.36. The number of nitrogens with one attached hydrogen (secondary N) is 1. The van der Waals surface area contributed by atoms with Crippen LogP contribution >= 0.6 is 0 Å². The van der Waals surface area contributed by atoms with Gasteiger partial charge in [0.15, 0.2) is 0 Å². The smallest absolute Gasteiger partial charge is 0.0176 e. The fourth-order valence-corrected chi connectivity index (χ4v) is 3.55. The largest absolute Gasteiger partial charge is 0.314 e. The minimum absolute atomic E-state index is 0.759. The summed E-state index contributed by atoms with van der Waals surface area (Å²) >= 11 is 0. The summed E-state index contributed by atoms with van der Waals surface area (Å²) in [5.74, 6) is 0. The number of rotatable bonds is 3. The van der Waals surface area contributed by atoms with Gasteiger partial charge in [-0.15, -0.1) is 0 Å². The van der Waals surface area contributed by atoms with Crippen LogP contribution in [0, 0.1) is 0 Å². The molecule has 2 nitrogen and oxygen atoms in total. The molecule has 1 heterocycles. The van der Waals surface area contributed by atoms with Crippen LogP contribution in [0.3, 0.4) is 0 Å². The van der Waals surface area contributed by atoms with E-state index in [2.05, 4.69) is 41.4 Å². The van der Waals surface area contributed by atoms with Crippen molar-refractivity contribution in [1.82, 2.24) is 10.2 Å². The van der Waals surface area contributed by atoms with E-state index < -0.39 is 0 Å². The van der Waals surface area contributed by atoms with Gasteiger partial charge in [0.1, 0.15) is 0 Å². The predicted octanol–water partition coefficient (Wildman–Crippen LogP) is 2.23. The van der Waals surface area contributed by atoms with Crippen molar-refractivity contribution in [3.05, 3.63) is 35.4 Å². The monoisotopic (exact) mass is 244 g/mol. The molecule has 0 spiro atoms. The molecule has 0 radical (unpaired) electrons. The van der Waals surface area contributed by atoms with Crippen molar-refractivity contribution in [2.75, 3.05) is 19.6 Å². The Hall–Kier alpha value is -0.860. The first kappa shape index (κ1) is 12.2. The summed E-state index contributed by atoms with van der Waals surface area (Å²) in [4.78, 5) is 2.72. The number of hydrogen-bond acceptors (Lipinski definition) is 2. The minimum Gasteiger partial charge on any atom is -0.314 e. The third kappa shape index (κ3) is 2.45. The van der Waals surface area contributed by atoms with E-state index in [4.69, 9.17) is 0 Å². The van der Waals surface area contributed by atoms with Crippen molar-refractivity contribution in [3.8, 4) is 0 Å². The molecule has 1 aliphatic carbocycles. The van der Waals surface area contributed by atoms with Crippen LogP contribution in [0.2, 0.25) is 0 Å². The van der Waals surface area contributed by atoms with Crippen molar-refractivity contribution in [2.45, 2.75) is 44.7 Å². The Balaban J connectivity index is 1.56. The van der Waals surface area contributed by atoms with Gasteiger partial charge < -0.3 is 5.32 Å². The molecular weight excluding hydrogens is 220 g/mol. The highest BCUT2D eigenvalue weighted by Gasteiger charge is 2.29. The van der Waals surface area contributed by atoms with E-state index in [9.17, 15) is 0 Å². The van der Waals surface area contributed by atoms with Crippen LogP contribution < -0.4 is 5.32 Å². The average molecular weight is 244 g/mol. The van der Waals surface area contributed by atoms with Gasteiger partial charge in [0.25, 0.3) is 0 Å². The molecule has 0 amide bonds. The molecule has 3 rings (SSSR count). The van der Waals surface area contributed by atoms with Crippen molar-refractivity contribution >= 4 is 0 Å². The highest BCUT2D eigenvalue weighted by Crippen LogP contribution is 2.27. The van der Waals surface area contributed by atoms with Crippen molar-refractivity contribution < 1.29 is 0 Å². The number of hydrogen-bond donors (Lipinski definition) is 1. The van der Waals surface area contributed by atoms with E-state index in [1.165, 1.54) is 38.8 Å². The zero-order valence-electron chi connectivity index (χ0n) is 11.4. The average Bonchev–Trinajstić information content (AvgIpc) is 2.84. The first-order valence-electron chi connectivity index (χ1n) is 7.41. The van der Waals surface area contributed by atoms with Crippen molar-refractivity contribution in [2.24, 2.45) is 0 Å². The zero-order valence-corrected chi connectivity index (χ0v) is 11.4. The number of likely N-dealkylation sites (tertiary alicyclic amines) is 1. The Labute approximate surface area is 110 Å². The van der Waals surface area contributed by atoms with Gasteiger partial charge in [-0.2, -0.15) is 0 Å². The summed E-state index contributed by atoms with van der Waals surface area (Å²) in [6.07, 6.45) is 5.17. The number of piperidine rings is 1. The third-order valence-electron chi connectivity index (χ3n) is 4.57. The van der Waals surface area contributed by atoms with Gasteiger partial charge in [-0.25, -0.2) is 0 Å². The molecule has 0 aromatic heterocycles. The topological polar surface area (TPSA) is 15.3 Å². The molecule has 2 aliphatic rings. The van der Waals surface area contributed by atoms with E-state index >= 15 is 0 Å². The highest BCUT2D eigenvalue weighted by molar-refractivity contribution is 5.33. The number of benzene rings is 1. The minimum atomic E-state index is 0.759. The van der Waals surface area contributed by atoms with Crippen molar-refractivity contribution in [3.63, 3.8) is 0 Å². The lowest BCUT2D eigenvalue weighted by atomic mass is 10.0. The Morgan fingerprint density at radius 3 is 2.28 bits per heavy atom. The van der Waals surface area contributed by atoms with Crippen LogP contribution in [0.1, 0.15) is 30.9 Å². The lowest BCUT2D eigenvalue weighted by molar-refractivity contribution is 0.147. The van der Waals surface area contributed by atoms with Gasteiger partial charge in [-0.3, -0.25) is 4.90 Å². The number of fused-ring (bicyclic) bond motifs is 1. The van der Waals surface area contributed by atoms with E-state index in [1.807, 2.05) is 0 Å². The standard InChI is InChI=1S/C16H24N2/c1-2-17-15-7-9-18(10-8-15)16-11-13-5-3-4-6-14(13)12-16/h3-6,15-17H,2,7-12H2,1H3. The van der Waals surface area contributed by atoms with Crippen molar-refractivity contribution in [1.29, 1.82) is 0 Å². The fourth-order valence-electron chi connectivity index (χ4n) is 3.55. The molecule has 1 N–H and O–H groups in total. The molecule has 1 fully saturated rings. The SMILES string of the molecule is CCNC1CCN(C2Cc3ccccc3C2)CC1. The molecule has 0 atom stereocenters. The maximum Gasteiger partial charge on any atom is 0.0176 e. The van der Waals surface area contributed by atoms with E-state index in [0.717, 1.165) is 18.6 Å². The summed E-state index contributed by atoms with van der Waals surface area (Å²) in [5.41, 5.74) is 3.16. The summed E-state index contributed by atoms with van der Waals surface area (Å²) in [6, 6.07) is 10.5. The molecule has 0 bridgehead atoms. The van der Waals surface area contributed by atoms with Crippen LogP contribution in [0.25, 0.3) is 0 Å². The van der Waals surface area contributed by atoms with Gasteiger partial charge >= 0.3 is 0 Å². The Bertz CT molecular complexity index is 369. The Kier molecular flexibility index (Phi) is 3.67. The molecule has 1 saturated heterocycles. The first-order chi connectivity index (χ1) is 8.86. The van der Waals surface area contributed by atoms with Crippen LogP contribution in [0.4, 0.5) is 0 Å². The third-order valence-corrected chi connectivity index (χ3v) is 4.57. The summed E-state index contributed by atoms with van der Waals surface area (Å²) in [5, 5.41) is 3.59. The van der Waals surface area contributed by atoms with Crippen LogP contribution in [0.5, 0.6) is 0 Å². The van der Waals surface area contributed by atoms with E-state index in [1.54, 1.807) is 11.1 Å². The van der Waals surface area contributed by atoms with Gasteiger partial charge in [0, 0.05) is 12.1 Å². The molecule has 98 valence electrons. The van der Waals surface area contributed by atoms with Crippen LogP contribution in [-0.2, 0) is 12.8 Å². The zero-order chi connectivity index (χ0) is 12.4.